The minimum atomic E-state index is -4.96. The van der Waals surface area contributed by atoms with Crippen LogP contribution in [0.3, 0.4) is 0 Å². The molecule has 0 aliphatic rings. The smallest absolute Gasteiger partial charge is 0.462 e. The van der Waals surface area contributed by atoms with Crippen molar-refractivity contribution in [3.8, 4) is 0 Å². The summed E-state index contributed by atoms with van der Waals surface area (Å²) in [5, 5.41) is 10.6. The van der Waals surface area contributed by atoms with Gasteiger partial charge < -0.3 is 33.8 Å². The standard InChI is InChI=1S/C78H152O17P2/c1-8-10-11-12-13-14-15-16-17-20-24-27-30-33-36-45-52-59-75(80)88-65-73(94-77(82)61-54-47-37-34-31-28-25-22-19-18-21-23-26-29-32-35-44-51-58-71(7)9-2)67-92-96(84,85)90-63-72(79)64-91-97(86,87)93-68-74(95-78(83)62-55-48-41-39-43-50-57-70(5)6)66-89-76(81)60-53-46-40-38-42-49-56-69(3)4/h69-74,79H,8-68H2,1-7H3,(H,84,85)(H,86,87)/t71?,72-,73-,74-/m1/s1. The van der Waals surface area contributed by atoms with Crippen molar-refractivity contribution in [2.75, 3.05) is 39.6 Å². The number of carbonyl (C=O) groups excluding carboxylic acids is 4. The molecule has 0 amide bonds. The predicted octanol–water partition coefficient (Wildman–Crippen LogP) is 23.0. The Bertz CT molecular complexity index is 1890. The van der Waals surface area contributed by atoms with Gasteiger partial charge in [0.25, 0.3) is 0 Å². The van der Waals surface area contributed by atoms with Crippen LogP contribution in [0.15, 0.2) is 0 Å². The normalized spacial score (nSPS) is 14.3. The van der Waals surface area contributed by atoms with Gasteiger partial charge in [0.15, 0.2) is 12.2 Å². The fraction of sp³-hybridized carbons (Fsp3) is 0.949. The Morgan fingerprint density at radius 3 is 0.784 bits per heavy atom. The number of hydrogen-bond acceptors (Lipinski definition) is 15. The van der Waals surface area contributed by atoms with Crippen molar-refractivity contribution in [3.05, 3.63) is 0 Å². The van der Waals surface area contributed by atoms with Crippen molar-refractivity contribution >= 4 is 39.5 Å². The van der Waals surface area contributed by atoms with Gasteiger partial charge in [0.2, 0.25) is 0 Å². The van der Waals surface area contributed by atoms with E-state index in [0.717, 1.165) is 102 Å². The number of carbonyl (C=O) groups is 4. The Kier molecular flexibility index (Phi) is 67.1. The molecule has 0 heterocycles. The molecule has 0 spiro atoms. The molecule has 0 aromatic rings. The van der Waals surface area contributed by atoms with Crippen molar-refractivity contribution in [3.63, 3.8) is 0 Å². The van der Waals surface area contributed by atoms with E-state index in [4.69, 9.17) is 37.0 Å². The molecule has 0 saturated heterocycles. The minimum absolute atomic E-state index is 0.101. The maximum absolute atomic E-state index is 13.1. The Balaban J connectivity index is 5.17. The summed E-state index contributed by atoms with van der Waals surface area (Å²) >= 11 is 0. The number of esters is 4. The summed E-state index contributed by atoms with van der Waals surface area (Å²) in [6.45, 7) is 11.8. The first-order chi connectivity index (χ1) is 46.8. The zero-order chi connectivity index (χ0) is 71.6. The summed E-state index contributed by atoms with van der Waals surface area (Å²) in [5.74, 6) is 0.0967. The predicted molar refractivity (Wildman–Crippen MR) is 395 cm³/mol. The van der Waals surface area contributed by atoms with Crippen LogP contribution in [-0.2, 0) is 65.4 Å². The van der Waals surface area contributed by atoms with Gasteiger partial charge in [-0.1, -0.05) is 350 Å². The van der Waals surface area contributed by atoms with Crippen LogP contribution >= 0.6 is 15.6 Å². The molecule has 576 valence electrons. The molecule has 0 fully saturated rings. The lowest BCUT2D eigenvalue weighted by molar-refractivity contribution is -0.161. The van der Waals surface area contributed by atoms with Gasteiger partial charge in [0.05, 0.1) is 26.4 Å². The third kappa shape index (κ3) is 70.9. The molecule has 0 saturated carbocycles. The van der Waals surface area contributed by atoms with E-state index in [0.29, 0.717) is 37.5 Å². The molecule has 0 radical (unpaired) electrons. The van der Waals surface area contributed by atoms with Gasteiger partial charge in [-0.25, -0.2) is 9.13 Å². The highest BCUT2D eigenvalue weighted by Crippen LogP contribution is 2.45. The zero-order valence-corrected chi connectivity index (χ0v) is 65.3. The maximum Gasteiger partial charge on any atom is 0.472 e. The second-order valence-electron chi connectivity index (χ2n) is 29.3. The first kappa shape index (κ1) is 95.1. The quantitative estimate of drug-likeness (QED) is 0.0222. The van der Waals surface area contributed by atoms with Crippen LogP contribution in [0.2, 0.25) is 0 Å². The fourth-order valence-corrected chi connectivity index (χ4v) is 13.5. The average Bonchev–Trinajstić information content (AvgIpc) is 1.39. The number of rotatable bonds is 76. The van der Waals surface area contributed by atoms with E-state index < -0.39 is 97.5 Å². The zero-order valence-electron chi connectivity index (χ0n) is 63.5. The largest absolute Gasteiger partial charge is 0.472 e. The monoisotopic (exact) mass is 1420 g/mol. The molecular formula is C78H152O17P2. The molecule has 0 aromatic heterocycles. The van der Waals surface area contributed by atoms with Crippen LogP contribution in [0, 0.1) is 17.8 Å². The Labute approximate surface area is 594 Å². The molecule has 0 aliphatic heterocycles. The lowest BCUT2D eigenvalue weighted by Gasteiger charge is -2.21. The number of ether oxygens (including phenoxy) is 4. The van der Waals surface area contributed by atoms with Gasteiger partial charge in [0, 0.05) is 25.7 Å². The summed E-state index contributed by atoms with van der Waals surface area (Å²) in [5.41, 5.74) is 0. The fourth-order valence-electron chi connectivity index (χ4n) is 11.9. The number of unbranched alkanes of at least 4 members (excludes halogenated alkanes) is 43. The maximum atomic E-state index is 13.1. The van der Waals surface area contributed by atoms with Crippen LogP contribution in [0.5, 0.6) is 0 Å². The third-order valence-electron chi connectivity index (χ3n) is 18.5. The van der Waals surface area contributed by atoms with Crippen molar-refractivity contribution in [2.45, 2.75) is 420 Å². The summed E-state index contributed by atoms with van der Waals surface area (Å²) in [6, 6.07) is 0. The number of phosphoric acid groups is 2. The molecule has 0 rings (SSSR count). The van der Waals surface area contributed by atoms with Crippen LogP contribution in [0.1, 0.15) is 402 Å². The first-order valence-electron chi connectivity index (χ1n) is 40.4. The molecule has 6 atom stereocenters. The SMILES string of the molecule is CCCCCCCCCCCCCCCCCCCC(=O)OC[C@H](COP(=O)(O)OC[C@@H](O)COP(=O)(O)OC[C@@H](COC(=O)CCCCCCCCC(C)C)OC(=O)CCCCCCCCC(C)C)OC(=O)CCCCCCCCCCCCCCCCCCCCC(C)CC. The number of aliphatic hydroxyl groups is 1. The second kappa shape index (κ2) is 68.5. The summed E-state index contributed by atoms with van der Waals surface area (Å²) in [7, 11) is -9.91. The van der Waals surface area contributed by atoms with Crippen LogP contribution < -0.4 is 0 Å². The van der Waals surface area contributed by atoms with E-state index in [2.05, 4.69) is 48.5 Å². The molecule has 0 aromatic carbocycles. The Morgan fingerprint density at radius 2 is 0.526 bits per heavy atom. The Hall–Kier alpha value is -1.94. The highest BCUT2D eigenvalue weighted by atomic mass is 31.2. The van der Waals surface area contributed by atoms with Crippen LogP contribution in [0.4, 0.5) is 0 Å². The third-order valence-corrected chi connectivity index (χ3v) is 20.4. The van der Waals surface area contributed by atoms with Gasteiger partial charge in [0.1, 0.15) is 19.3 Å². The van der Waals surface area contributed by atoms with Crippen LogP contribution in [0.25, 0.3) is 0 Å². The van der Waals surface area contributed by atoms with E-state index >= 15 is 0 Å². The van der Waals surface area contributed by atoms with Crippen molar-refractivity contribution in [1.29, 1.82) is 0 Å². The van der Waals surface area contributed by atoms with E-state index in [9.17, 15) is 43.2 Å². The summed E-state index contributed by atoms with van der Waals surface area (Å²) in [4.78, 5) is 72.7. The van der Waals surface area contributed by atoms with E-state index in [-0.39, 0.29) is 25.7 Å². The van der Waals surface area contributed by atoms with Gasteiger partial charge in [-0.2, -0.15) is 0 Å². The molecule has 0 bridgehead atoms. The van der Waals surface area contributed by atoms with Crippen molar-refractivity contribution in [1.82, 2.24) is 0 Å². The van der Waals surface area contributed by atoms with Gasteiger partial charge in [-0.05, 0) is 43.4 Å². The lowest BCUT2D eigenvalue weighted by atomic mass is 9.99. The second-order valence-corrected chi connectivity index (χ2v) is 32.2. The molecule has 97 heavy (non-hydrogen) atoms. The number of aliphatic hydroxyl groups excluding tert-OH is 1. The van der Waals surface area contributed by atoms with Gasteiger partial charge in [-0.15, -0.1) is 0 Å². The average molecular weight is 1420 g/mol. The molecule has 3 unspecified atom stereocenters. The number of hydrogen-bond donors (Lipinski definition) is 3. The molecule has 19 heteroatoms. The molecule has 0 aliphatic carbocycles. The topological polar surface area (TPSA) is 237 Å². The lowest BCUT2D eigenvalue weighted by Crippen LogP contribution is -2.30. The highest BCUT2D eigenvalue weighted by Gasteiger charge is 2.30. The minimum Gasteiger partial charge on any atom is -0.462 e. The van der Waals surface area contributed by atoms with Crippen LogP contribution in [-0.4, -0.2) is 96.7 Å². The molecule has 3 N–H and O–H groups in total. The molecule has 17 nitrogen and oxygen atoms in total. The molecular weight excluding hydrogens is 1270 g/mol. The van der Waals surface area contributed by atoms with Gasteiger partial charge in [-0.3, -0.25) is 37.3 Å². The Morgan fingerprint density at radius 1 is 0.299 bits per heavy atom. The van der Waals surface area contributed by atoms with Gasteiger partial charge >= 0.3 is 39.5 Å². The van der Waals surface area contributed by atoms with E-state index in [1.54, 1.807) is 0 Å². The highest BCUT2D eigenvalue weighted by molar-refractivity contribution is 7.47. The summed E-state index contributed by atoms with van der Waals surface area (Å²) in [6.07, 6.45) is 56.0. The first-order valence-corrected chi connectivity index (χ1v) is 43.4. The van der Waals surface area contributed by atoms with E-state index in [1.807, 2.05) is 0 Å². The van der Waals surface area contributed by atoms with E-state index in [1.165, 1.54) is 205 Å². The van der Waals surface area contributed by atoms with Crippen molar-refractivity contribution in [2.24, 2.45) is 17.8 Å². The number of phosphoric ester groups is 2. The van der Waals surface area contributed by atoms with Crippen molar-refractivity contribution < 1.29 is 80.2 Å². The summed E-state index contributed by atoms with van der Waals surface area (Å²) < 4.78 is 68.5.